The van der Waals surface area contributed by atoms with Crippen molar-refractivity contribution in [2.75, 3.05) is 13.7 Å². The Morgan fingerprint density at radius 2 is 1.56 bits per heavy atom. The van der Waals surface area contributed by atoms with Gasteiger partial charge in [0.25, 0.3) is 0 Å². The third kappa shape index (κ3) is 7.12. The molecule has 2 rings (SSSR count). The van der Waals surface area contributed by atoms with Gasteiger partial charge in [-0.3, -0.25) is 19.2 Å². The highest BCUT2D eigenvalue weighted by Gasteiger charge is 2.51. The molecular formula is C21H27NO10. The molecule has 0 aliphatic carbocycles. The average molecular weight is 453 g/mol. The van der Waals surface area contributed by atoms with Crippen molar-refractivity contribution >= 4 is 23.8 Å². The summed E-state index contributed by atoms with van der Waals surface area (Å²) in [4.78, 5) is 46.8. The van der Waals surface area contributed by atoms with Crippen LogP contribution in [0, 0.1) is 0 Å². The van der Waals surface area contributed by atoms with E-state index in [0.29, 0.717) is 11.5 Å². The van der Waals surface area contributed by atoms with Crippen LogP contribution in [0.3, 0.4) is 0 Å². The summed E-state index contributed by atoms with van der Waals surface area (Å²) in [5.41, 5.74) is 0. The van der Waals surface area contributed by atoms with Crippen LogP contribution in [-0.2, 0) is 38.1 Å². The van der Waals surface area contributed by atoms with Crippen molar-refractivity contribution in [2.24, 2.45) is 0 Å². The molecule has 0 radical (unpaired) electrons. The zero-order valence-corrected chi connectivity index (χ0v) is 18.5. The molecule has 5 atom stereocenters. The molecule has 1 saturated heterocycles. The molecular weight excluding hydrogens is 426 g/mol. The smallest absolute Gasteiger partial charge is 0.303 e. The van der Waals surface area contributed by atoms with Crippen molar-refractivity contribution < 1.29 is 47.6 Å². The first-order valence-electron chi connectivity index (χ1n) is 9.81. The fourth-order valence-electron chi connectivity index (χ4n) is 3.20. The summed E-state index contributed by atoms with van der Waals surface area (Å²) in [6.07, 6.45) is -4.61. The van der Waals surface area contributed by atoms with Crippen molar-refractivity contribution in [2.45, 2.75) is 58.3 Å². The van der Waals surface area contributed by atoms with Crippen LogP contribution in [0.5, 0.6) is 11.5 Å². The number of amides is 1. The van der Waals surface area contributed by atoms with E-state index in [1.54, 1.807) is 24.3 Å². The van der Waals surface area contributed by atoms with Gasteiger partial charge in [-0.1, -0.05) is 6.07 Å². The fraction of sp³-hybridized carbons (Fsp3) is 0.524. The molecule has 1 heterocycles. The van der Waals surface area contributed by atoms with Crippen molar-refractivity contribution in [3.8, 4) is 11.5 Å². The lowest BCUT2D eigenvalue weighted by atomic mass is 9.96. The molecule has 1 aromatic carbocycles. The minimum Gasteiger partial charge on any atom is -0.497 e. The van der Waals surface area contributed by atoms with Gasteiger partial charge in [-0.2, -0.15) is 0 Å². The SMILES string of the molecule is COc1cccc(O[C@@H]2O[C@H](COC(C)=O)[C@H](OC(C)=O)[C@H](OC(C)=O)[C@@H]2NC(C)=O)c1. The number of benzene rings is 1. The van der Waals surface area contributed by atoms with E-state index in [9.17, 15) is 19.2 Å². The van der Waals surface area contributed by atoms with Crippen LogP contribution >= 0.6 is 0 Å². The summed E-state index contributed by atoms with van der Waals surface area (Å²) in [5, 5.41) is 2.63. The number of rotatable bonds is 8. The molecule has 1 fully saturated rings. The Bertz CT molecular complexity index is 842. The maximum Gasteiger partial charge on any atom is 0.303 e. The highest BCUT2D eigenvalue weighted by Crippen LogP contribution is 2.30. The number of carbonyl (C=O) groups excluding carboxylic acids is 4. The number of methoxy groups -OCH3 is 1. The Morgan fingerprint density at radius 3 is 2.12 bits per heavy atom. The summed E-state index contributed by atoms with van der Waals surface area (Å²) >= 11 is 0. The number of hydrogen-bond donors (Lipinski definition) is 1. The molecule has 0 bridgehead atoms. The molecule has 32 heavy (non-hydrogen) atoms. The van der Waals surface area contributed by atoms with Crippen LogP contribution in [-0.4, -0.2) is 68.2 Å². The first kappa shape index (κ1) is 24.9. The van der Waals surface area contributed by atoms with Gasteiger partial charge in [-0.05, 0) is 12.1 Å². The lowest BCUT2D eigenvalue weighted by molar-refractivity contribution is -0.257. The van der Waals surface area contributed by atoms with Gasteiger partial charge in [0.05, 0.1) is 7.11 Å². The molecule has 11 heteroatoms. The van der Waals surface area contributed by atoms with Gasteiger partial charge in [-0.15, -0.1) is 0 Å². The van der Waals surface area contributed by atoms with Gasteiger partial charge < -0.3 is 33.7 Å². The Kier molecular flexibility index (Phi) is 8.82. The molecule has 11 nitrogen and oxygen atoms in total. The van der Waals surface area contributed by atoms with Crippen LogP contribution in [0.4, 0.5) is 0 Å². The van der Waals surface area contributed by atoms with Gasteiger partial charge in [0, 0.05) is 33.8 Å². The topological polar surface area (TPSA) is 136 Å². The first-order valence-corrected chi connectivity index (χ1v) is 9.81. The van der Waals surface area contributed by atoms with E-state index < -0.39 is 54.5 Å². The third-order valence-corrected chi connectivity index (χ3v) is 4.36. The van der Waals surface area contributed by atoms with E-state index in [1.165, 1.54) is 34.8 Å². The first-order chi connectivity index (χ1) is 15.1. The third-order valence-electron chi connectivity index (χ3n) is 4.36. The van der Waals surface area contributed by atoms with Crippen LogP contribution in [0.15, 0.2) is 24.3 Å². The van der Waals surface area contributed by atoms with E-state index in [-0.39, 0.29) is 6.61 Å². The molecule has 1 N–H and O–H groups in total. The van der Waals surface area contributed by atoms with E-state index in [2.05, 4.69) is 5.32 Å². The summed E-state index contributed by atoms with van der Waals surface area (Å²) in [6.45, 7) is 4.50. The van der Waals surface area contributed by atoms with Gasteiger partial charge >= 0.3 is 17.9 Å². The monoisotopic (exact) mass is 453 g/mol. The highest BCUT2D eigenvalue weighted by molar-refractivity contribution is 5.73. The van der Waals surface area contributed by atoms with E-state index in [1.807, 2.05) is 0 Å². The standard InChI is InChI=1S/C21H27NO10/c1-11(23)22-18-20(30-14(4)26)19(29-13(3)25)17(10-28-12(2)24)32-21(18)31-16-8-6-7-15(9-16)27-5/h6-9,17-21H,10H2,1-5H3,(H,22,23)/t17-,18+,19+,20-,21-/m1/s1. The Morgan fingerprint density at radius 1 is 0.938 bits per heavy atom. The molecule has 0 unspecified atom stereocenters. The lowest BCUT2D eigenvalue weighted by Gasteiger charge is -2.44. The van der Waals surface area contributed by atoms with Crippen molar-refractivity contribution in [1.82, 2.24) is 5.32 Å². The van der Waals surface area contributed by atoms with Crippen LogP contribution in [0.1, 0.15) is 27.7 Å². The number of nitrogens with one attached hydrogen (secondary N) is 1. The summed E-state index contributed by atoms with van der Waals surface area (Å²) in [5.74, 6) is -1.57. The molecule has 0 aromatic heterocycles. The zero-order valence-electron chi connectivity index (χ0n) is 18.5. The Hall–Kier alpha value is -3.34. The predicted molar refractivity (Wildman–Crippen MR) is 108 cm³/mol. The lowest BCUT2D eigenvalue weighted by Crippen LogP contribution is -2.67. The maximum absolute atomic E-state index is 11.9. The number of hydrogen-bond acceptors (Lipinski definition) is 10. The van der Waals surface area contributed by atoms with Gasteiger partial charge in [-0.25, -0.2) is 0 Å². The van der Waals surface area contributed by atoms with Gasteiger partial charge in [0.15, 0.2) is 12.2 Å². The zero-order chi connectivity index (χ0) is 23.8. The maximum atomic E-state index is 11.9. The predicted octanol–water partition coefficient (Wildman–Crippen LogP) is 0.730. The second-order valence-electron chi connectivity index (χ2n) is 7.02. The van der Waals surface area contributed by atoms with Crippen molar-refractivity contribution in [3.05, 3.63) is 24.3 Å². The van der Waals surface area contributed by atoms with Gasteiger partial charge in [0.2, 0.25) is 12.2 Å². The van der Waals surface area contributed by atoms with Crippen molar-refractivity contribution in [3.63, 3.8) is 0 Å². The number of ether oxygens (including phenoxy) is 6. The quantitative estimate of drug-likeness (QED) is 0.443. The molecule has 0 spiro atoms. The molecule has 1 aliphatic rings. The highest BCUT2D eigenvalue weighted by atomic mass is 16.7. The summed E-state index contributed by atoms with van der Waals surface area (Å²) in [6, 6.07) is 5.57. The number of carbonyl (C=O) groups is 4. The van der Waals surface area contributed by atoms with Crippen LogP contribution in [0.25, 0.3) is 0 Å². The average Bonchev–Trinajstić information content (AvgIpc) is 2.70. The van der Waals surface area contributed by atoms with E-state index in [0.717, 1.165) is 0 Å². The van der Waals surface area contributed by atoms with Crippen LogP contribution in [0.2, 0.25) is 0 Å². The van der Waals surface area contributed by atoms with Crippen molar-refractivity contribution in [1.29, 1.82) is 0 Å². The largest absolute Gasteiger partial charge is 0.497 e. The number of esters is 3. The second-order valence-corrected chi connectivity index (χ2v) is 7.02. The molecule has 1 amide bonds. The second kappa shape index (κ2) is 11.3. The fourth-order valence-corrected chi connectivity index (χ4v) is 3.20. The minimum absolute atomic E-state index is 0.310. The summed E-state index contributed by atoms with van der Waals surface area (Å²) < 4.78 is 32.8. The normalized spacial score (nSPS) is 24.6. The molecule has 1 aromatic rings. The van der Waals surface area contributed by atoms with Crippen LogP contribution < -0.4 is 14.8 Å². The minimum atomic E-state index is -1.19. The van der Waals surface area contributed by atoms with E-state index >= 15 is 0 Å². The molecule has 1 aliphatic heterocycles. The molecule has 176 valence electrons. The molecule has 0 saturated carbocycles. The van der Waals surface area contributed by atoms with E-state index in [4.69, 9.17) is 28.4 Å². The Balaban J connectivity index is 2.45. The summed E-state index contributed by atoms with van der Waals surface area (Å²) in [7, 11) is 1.49. The Labute approximate surface area is 185 Å². The van der Waals surface area contributed by atoms with Gasteiger partial charge in [0.1, 0.15) is 30.3 Å².